The SMILES string of the molecule is O=C(C1=C(C(F)(F)F)NC(=O)c2ccc(-c3cccnc3)nc2C1O)c1cccs1. The number of carbonyl (C=O) groups excluding carboxylic acids is 2. The van der Waals surface area contributed by atoms with E-state index in [-0.39, 0.29) is 21.8 Å². The fraction of sp³-hybridized carbons (Fsp3) is 0.100. The van der Waals surface area contributed by atoms with Gasteiger partial charge in [-0.05, 0) is 35.7 Å². The van der Waals surface area contributed by atoms with Gasteiger partial charge in [0.2, 0.25) is 5.78 Å². The Labute approximate surface area is 171 Å². The number of allylic oxidation sites excluding steroid dienone is 1. The summed E-state index contributed by atoms with van der Waals surface area (Å²) in [6.45, 7) is 0. The molecule has 0 bridgehead atoms. The molecule has 4 heterocycles. The number of aromatic nitrogens is 2. The first kappa shape index (κ1) is 19.9. The molecule has 3 aromatic rings. The quantitative estimate of drug-likeness (QED) is 0.618. The number of ketones is 1. The number of nitrogens with zero attached hydrogens (tertiary/aromatic N) is 2. The zero-order chi connectivity index (χ0) is 21.5. The van der Waals surface area contributed by atoms with E-state index in [2.05, 4.69) is 9.97 Å². The number of hydrogen-bond donors (Lipinski definition) is 2. The van der Waals surface area contributed by atoms with Crippen molar-refractivity contribution in [2.45, 2.75) is 12.3 Å². The first-order valence-corrected chi connectivity index (χ1v) is 9.45. The lowest BCUT2D eigenvalue weighted by Gasteiger charge is -2.18. The molecule has 2 N–H and O–H groups in total. The van der Waals surface area contributed by atoms with Crippen LogP contribution in [0.25, 0.3) is 11.3 Å². The summed E-state index contributed by atoms with van der Waals surface area (Å²) >= 11 is 0.925. The minimum absolute atomic E-state index is 0.00749. The molecule has 0 fully saturated rings. The van der Waals surface area contributed by atoms with Gasteiger partial charge in [0.15, 0.2) is 0 Å². The summed E-state index contributed by atoms with van der Waals surface area (Å²) < 4.78 is 41.2. The molecule has 152 valence electrons. The standard InChI is InChI=1S/C20H12F3N3O3S/c21-20(22,23)18-14(16(27)13-4-2-8-30-13)17(28)15-11(19(29)26-18)5-6-12(25-15)10-3-1-7-24-9-10/h1-9,17,28H,(H,26,29). The normalized spacial score (nSPS) is 16.7. The summed E-state index contributed by atoms with van der Waals surface area (Å²) in [5, 5.41) is 14.1. The van der Waals surface area contributed by atoms with Gasteiger partial charge in [0, 0.05) is 18.0 Å². The highest BCUT2D eigenvalue weighted by molar-refractivity contribution is 7.12. The van der Waals surface area contributed by atoms with Crippen molar-refractivity contribution in [1.82, 2.24) is 15.3 Å². The Bertz CT molecular complexity index is 1160. The number of aliphatic hydroxyl groups is 1. The maximum Gasteiger partial charge on any atom is 0.431 e. The van der Waals surface area contributed by atoms with Gasteiger partial charge < -0.3 is 10.4 Å². The Morgan fingerprint density at radius 2 is 1.97 bits per heavy atom. The van der Waals surface area contributed by atoms with Crippen LogP contribution in [0, 0.1) is 0 Å². The number of aliphatic hydroxyl groups excluding tert-OH is 1. The topological polar surface area (TPSA) is 92.2 Å². The van der Waals surface area contributed by atoms with Crippen LogP contribution < -0.4 is 5.32 Å². The van der Waals surface area contributed by atoms with Gasteiger partial charge in [-0.25, -0.2) is 4.98 Å². The third kappa shape index (κ3) is 3.51. The largest absolute Gasteiger partial charge is 0.431 e. The Morgan fingerprint density at radius 3 is 2.60 bits per heavy atom. The molecule has 0 saturated heterocycles. The Hall–Kier alpha value is -3.37. The van der Waals surface area contributed by atoms with E-state index in [9.17, 15) is 27.9 Å². The van der Waals surface area contributed by atoms with Crippen LogP contribution in [-0.2, 0) is 0 Å². The predicted octanol–water partition coefficient (Wildman–Crippen LogP) is 3.68. The number of nitrogens with one attached hydrogen (secondary N) is 1. The number of Topliss-reactive ketones (excluding diaryl/α,β-unsaturated/α-hetero) is 1. The Morgan fingerprint density at radius 1 is 1.17 bits per heavy atom. The van der Waals surface area contributed by atoms with Gasteiger partial charge in [-0.15, -0.1) is 11.3 Å². The number of rotatable bonds is 3. The molecule has 10 heteroatoms. The van der Waals surface area contributed by atoms with Crippen LogP contribution in [0.1, 0.15) is 31.8 Å². The molecule has 6 nitrogen and oxygen atoms in total. The van der Waals surface area contributed by atoms with Crippen molar-refractivity contribution < 1.29 is 27.9 Å². The average Bonchev–Trinajstić information content (AvgIpc) is 3.24. The van der Waals surface area contributed by atoms with E-state index in [4.69, 9.17) is 0 Å². The van der Waals surface area contributed by atoms with Crippen LogP contribution in [0.2, 0.25) is 0 Å². The second kappa shape index (κ2) is 7.47. The van der Waals surface area contributed by atoms with Crippen LogP contribution >= 0.6 is 11.3 Å². The van der Waals surface area contributed by atoms with Crippen molar-refractivity contribution in [3.63, 3.8) is 0 Å². The van der Waals surface area contributed by atoms with Crippen molar-refractivity contribution in [3.8, 4) is 11.3 Å². The number of hydrogen-bond acceptors (Lipinski definition) is 6. The predicted molar refractivity (Wildman–Crippen MR) is 102 cm³/mol. The zero-order valence-corrected chi connectivity index (χ0v) is 15.8. The second-order valence-corrected chi connectivity index (χ2v) is 7.27. The van der Waals surface area contributed by atoms with Gasteiger partial charge in [0.05, 0.1) is 27.4 Å². The molecule has 0 saturated carbocycles. The molecule has 4 rings (SSSR count). The third-order valence-corrected chi connectivity index (χ3v) is 5.31. The lowest BCUT2D eigenvalue weighted by atomic mass is 9.96. The average molecular weight is 431 g/mol. The van der Waals surface area contributed by atoms with E-state index >= 15 is 0 Å². The summed E-state index contributed by atoms with van der Waals surface area (Å²) in [5.41, 5.74) is -2.36. The smallest absolute Gasteiger partial charge is 0.382 e. The number of halogens is 3. The third-order valence-electron chi connectivity index (χ3n) is 4.44. The Kier molecular flexibility index (Phi) is 4.96. The molecule has 1 aliphatic heterocycles. The summed E-state index contributed by atoms with van der Waals surface area (Å²) in [6, 6.07) is 8.84. The van der Waals surface area contributed by atoms with Gasteiger partial charge in [-0.3, -0.25) is 14.6 Å². The number of thiophene rings is 1. The lowest BCUT2D eigenvalue weighted by molar-refractivity contribution is -0.0973. The highest BCUT2D eigenvalue weighted by Crippen LogP contribution is 2.38. The highest BCUT2D eigenvalue weighted by Gasteiger charge is 2.45. The van der Waals surface area contributed by atoms with Crippen molar-refractivity contribution in [2.75, 3.05) is 0 Å². The van der Waals surface area contributed by atoms with E-state index in [0.717, 1.165) is 11.3 Å². The van der Waals surface area contributed by atoms with Crippen LogP contribution in [0.5, 0.6) is 0 Å². The van der Waals surface area contributed by atoms with Gasteiger partial charge in [-0.1, -0.05) is 6.07 Å². The molecule has 1 unspecified atom stereocenters. The first-order valence-electron chi connectivity index (χ1n) is 8.57. The van der Waals surface area contributed by atoms with Crippen LogP contribution in [0.4, 0.5) is 13.2 Å². The molecule has 0 aromatic carbocycles. The van der Waals surface area contributed by atoms with Gasteiger partial charge in [-0.2, -0.15) is 13.2 Å². The van der Waals surface area contributed by atoms with Gasteiger partial charge in [0.1, 0.15) is 11.8 Å². The van der Waals surface area contributed by atoms with E-state index in [1.54, 1.807) is 17.4 Å². The number of carbonyl (C=O) groups is 2. The second-order valence-electron chi connectivity index (χ2n) is 6.32. The maximum absolute atomic E-state index is 13.7. The van der Waals surface area contributed by atoms with Crippen LogP contribution in [0.15, 0.2) is 65.4 Å². The van der Waals surface area contributed by atoms with Crippen LogP contribution in [-0.4, -0.2) is 32.9 Å². The molecule has 1 amide bonds. The first-order chi connectivity index (χ1) is 14.3. The molecule has 0 aliphatic carbocycles. The monoisotopic (exact) mass is 431 g/mol. The molecule has 30 heavy (non-hydrogen) atoms. The lowest BCUT2D eigenvalue weighted by Crippen LogP contribution is -2.33. The van der Waals surface area contributed by atoms with Gasteiger partial charge >= 0.3 is 6.18 Å². The number of fused-ring (bicyclic) bond motifs is 1. The van der Waals surface area contributed by atoms with Gasteiger partial charge in [0.25, 0.3) is 5.91 Å². The summed E-state index contributed by atoms with van der Waals surface area (Å²) in [4.78, 5) is 33.5. The molecule has 3 aromatic heterocycles. The van der Waals surface area contributed by atoms with Crippen molar-refractivity contribution >= 4 is 23.0 Å². The molecule has 1 atom stereocenters. The minimum Gasteiger partial charge on any atom is -0.382 e. The molecule has 0 radical (unpaired) electrons. The fourth-order valence-corrected chi connectivity index (χ4v) is 3.75. The summed E-state index contributed by atoms with van der Waals surface area (Å²) in [6.07, 6.45) is -4.13. The fourth-order valence-electron chi connectivity index (χ4n) is 3.07. The molecule has 1 aliphatic rings. The molecular formula is C20H12F3N3O3S. The maximum atomic E-state index is 13.7. The Balaban J connectivity index is 1.92. The summed E-state index contributed by atoms with van der Waals surface area (Å²) in [7, 11) is 0. The van der Waals surface area contributed by atoms with E-state index in [0.29, 0.717) is 5.56 Å². The van der Waals surface area contributed by atoms with E-state index in [1.165, 1.54) is 42.0 Å². The van der Waals surface area contributed by atoms with Crippen molar-refractivity contribution in [1.29, 1.82) is 0 Å². The molecule has 0 spiro atoms. The number of alkyl halides is 3. The minimum atomic E-state index is -5.08. The van der Waals surface area contributed by atoms with Crippen molar-refractivity contribution in [2.24, 2.45) is 0 Å². The van der Waals surface area contributed by atoms with E-state index < -0.39 is 35.2 Å². The summed E-state index contributed by atoms with van der Waals surface area (Å²) in [5.74, 6) is -2.15. The zero-order valence-electron chi connectivity index (χ0n) is 15.0. The molecular weight excluding hydrogens is 419 g/mol. The number of amides is 1. The van der Waals surface area contributed by atoms with Crippen molar-refractivity contribution in [3.05, 3.63) is 81.6 Å². The van der Waals surface area contributed by atoms with E-state index in [1.807, 2.05) is 0 Å². The highest BCUT2D eigenvalue weighted by atomic mass is 32.1. The van der Waals surface area contributed by atoms with Crippen LogP contribution in [0.3, 0.4) is 0 Å². The number of pyridine rings is 2.